The lowest BCUT2D eigenvalue weighted by atomic mass is 9.86. The quantitative estimate of drug-likeness (QED) is 0.774. The second kappa shape index (κ2) is 8.82. The zero-order valence-electron chi connectivity index (χ0n) is 16.6. The lowest BCUT2D eigenvalue weighted by Crippen LogP contribution is -2.30. The van der Waals surface area contributed by atoms with Crippen molar-refractivity contribution in [1.29, 1.82) is 0 Å². The first kappa shape index (κ1) is 19.8. The molecule has 3 rings (SSSR count). The number of carbonyl (C=O) groups excluding carboxylic acids is 2. The number of hydrogen-bond donors (Lipinski definition) is 1. The molecule has 148 valence electrons. The van der Waals surface area contributed by atoms with Gasteiger partial charge in [-0.05, 0) is 62.9 Å². The molecule has 1 heterocycles. The van der Waals surface area contributed by atoms with E-state index in [9.17, 15) is 9.59 Å². The first-order valence-corrected chi connectivity index (χ1v) is 9.64. The van der Waals surface area contributed by atoms with Crippen molar-refractivity contribution in [3.63, 3.8) is 0 Å². The Labute approximate surface area is 165 Å². The molecule has 1 atom stereocenters. The molecule has 1 aliphatic rings. The normalized spacial score (nSPS) is 15.5. The maximum Gasteiger partial charge on any atom is 0.337 e. The second-order valence-electron chi connectivity index (χ2n) is 6.81. The fourth-order valence-corrected chi connectivity index (χ4v) is 3.43. The minimum atomic E-state index is -0.397. The summed E-state index contributed by atoms with van der Waals surface area (Å²) >= 11 is 0. The summed E-state index contributed by atoms with van der Waals surface area (Å²) in [4.78, 5) is 35.5. The zero-order valence-corrected chi connectivity index (χ0v) is 16.6. The number of fused-ring (bicyclic) bond motifs is 1. The van der Waals surface area contributed by atoms with E-state index >= 15 is 0 Å². The maximum absolute atomic E-state index is 12.7. The molecule has 2 aromatic rings. The lowest BCUT2D eigenvalue weighted by molar-refractivity contribution is -0.120. The molecule has 7 heteroatoms. The summed E-state index contributed by atoms with van der Waals surface area (Å²) in [6, 6.07) is 6.70. The molecule has 0 radical (unpaired) electrons. The van der Waals surface area contributed by atoms with E-state index in [4.69, 9.17) is 4.98 Å². The van der Waals surface area contributed by atoms with E-state index in [2.05, 4.69) is 33.8 Å². The average molecular weight is 382 g/mol. The van der Waals surface area contributed by atoms with Crippen LogP contribution in [0.5, 0.6) is 0 Å². The number of nitrogens with one attached hydrogen (secondary N) is 1. The van der Waals surface area contributed by atoms with Crippen molar-refractivity contribution in [2.24, 2.45) is 5.92 Å². The molecule has 1 N–H and O–H groups in total. The van der Waals surface area contributed by atoms with Crippen LogP contribution in [-0.2, 0) is 22.4 Å². The van der Waals surface area contributed by atoms with Crippen LogP contribution < -0.4 is 10.2 Å². The van der Waals surface area contributed by atoms with Crippen molar-refractivity contribution in [3.05, 3.63) is 47.3 Å². The van der Waals surface area contributed by atoms with Crippen molar-refractivity contribution >= 4 is 23.5 Å². The highest BCUT2D eigenvalue weighted by Crippen LogP contribution is 2.26. The van der Waals surface area contributed by atoms with Gasteiger partial charge in [0, 0.05) is 36.6 Å². The Morgan fingerprint density at radius 1 is 1.21 bits per heavy atom. The van der Waals surface area contributed by atoms with Gasteiger partial charge in [0.2, 0.25) is 11.9 Å². The predicted molar refractivity (Wildman–Crippen MR) is 108 cm³/mol. The summed E-state index contributed by atoms with van der Waals surface area (Å²) in [5.41, 5.74) is 3.21. The van der Waals surface area contributed by atoms with Gasteiger partial charge in [0.05, 0.1) is 12.7 Å². The van der Waals surface area contributed by atoms with Crippen LogP contribution in [0.2, 0.25) is 0 Å². The third-order valence-corrected chi connectivity index (χ3v) is 5.13. The van der Waals surface area contributed by atoms with Gasteiger partial charge in [-0.25, -0.2) is 14.8 Å². The molecule has 28 heavy (non-hydrogen) atoms. The molecule has 1 unspecified atom stereocenters. The van der Waals surface area contributed by atoms with Crippen molar-refractivity contribution < 1.29 is 14.3 Å². The largest absolute Gasteiger partial charge is 0.465 e. The van der Waals surface area contributed by atoms with E-state index in [0.29, 0.717) is 17.7 Å². The first-order valence-electron chi connectivity index (χ1n) is 9.64. The SMILES string of the molecule is CCN(CC)c1ncc2c(n1)CCC(C(=O)Nc1ccc(C(=O)OC)cc1)C2. The third-order valence-electron chi connectivity index (χ3n) is 5.13. The van der Waals surface area contributed by atoms with Gasteiger partial charge in [-0.2, -0.15) is 0 Å². The topological polar surface area (TPSA) is 84.4 Å². The van der Waals surface area contributed by atoms with E-state index in [0.717, 1.165) is 43.1 Å². The number of ether oxygens (including phenoxy) is 1. The van der Waals surface area contributed by atoms with Crippen LogP contribution in [0.15, 0.2) is 30.5 Å². The summed E-state index contributed by atoms with van der Waals surface area (Å²) in [7, 11) is 1.34. The van der Waals surface area contributed by atoms with Crippen LogP contribution >= 0.6 is 0 Å². The summed E-state index contributed by atoms with van der Waals surface area (Å²) in [6.45, 7) is 5.92. The minimum absolute atomic E-state index is 0.0238. The number of esters is 1. The Hall–Kier alpha value is -2.96. The standard InChI is InChI=1S/C21H26N4O3/c1-4-25(5-2)21-22-13-16-12-15(8-11-18(16)24-21)19(26)23-17-9-6-14(7-10-17)20(27)28-3/h6-7,9-10,13,15H,4-5,8,11-12H2,1-3H3,(H,23,26). The Kier molecular flexibility index (Phi) is 6.23. The van der Waals surface area contributed by atoms with Crippen LogP contribution in [0.4, 0.5) is 11.6 Å². The zero-order chi connectivity index (χ0) is 20.1. The fraction of sp³-hybridized carbons (Fsp3) is 0.429. The number of rotatable bonds is 6. The molecular formula is C21H26N4O3. The van der Waals surface area contributed by atoms with E-state index in [1.54, 1.807) is 24.3 Å². The molecule has 0 bridgehead atoms. The summed E-state index contributed by atoms with van der Waals surface area (Å²) in [5, 5.41) is 2.93. The number of amides is 1. The summed E-state index contributed by atoms with van der Waals surface area (Å²) in [6.07, 6.45) is 4.03. The van der Waals surface area contributed by atoms with Crippen LogP contribution in [0.3, 0.4) is 0 Å². The Morgan fingerprint density at radius 2 is 1.93 bits per heavy atom. The Bertz CT molecular complexity index is 847. The number of aromatic nitrogens is 2. The van der Waals surface area contributed by atoms with Crippen molar-refractivity contribution in [2.45, 2.75) is 33.1 Å². The fourth-order valence-electron chi connectivity index (χ4n) is 3.43. The summed E-state index contributed by atoms with van der Waals surface area (Å²) in [5.74, 6) is 0.225. The molecular weight excluding hydrogens is 356 g/mol. The monoisotopic (exact) mass is 382 g/mol. The van der Waals surface area contributed by atoms with Crippen molar-refractivity contribution in [3.8, 4) is 0 Å². The molecule has 1 aliphatic carbocycles. The van der Waals surface area contributed by atoms with Crippen LogP contribution in [0, 0.1) is 5.92 Å². The number of methoxy groups -OCH3 is 1. The number of anilines is 2. The predicted octanol–water partition coefficient (Wildman–Crippen LogP) is 2.85. The molecule has 1 aromatic heterocycles. The van der Waals surface area contributed by atoms with Crippen LogP contribution in [-0.4, -0.2) is 42.0 Å². The first-order chi connectivity index (χ1) is 13.5. The molecule has 7 nitrogen and oxygen atoms in total. The second-order valence-corrected chi connectivity index (χ2v) is 6.81. The van der Waals surface area contributed by atoms with Gasteiger partial charge >= 0.3 is 5.97 Å². The van der Waals surface area contributed by atoms with Gasteiger partial charge in [-0.3, -0.25) is 4.79 Å². The van der Waals surface area contributed by atoms with E-state index < -0.39 is 5.97 Å². The van der Waals surface area contributed by atoms with Crippen LogP contribution in [0.1, 0.15) is 41.9 Å². The van der Waals surface area contributed by atoms with Crippen molar-refractivity contribution in [1.82, 2.24) is 9.97 Å². The van der Waals surface area contributed by atoms with Gasteiger partial charge in [0.1, 0.15) is 0 Å². The maximum atomic E-state index is 12.7. The van der Waals surface area contributed by atoms with E-state index in [1.807, 2.05) is 6.20 Å². The number of aryl methyl sites for hydroxylation is 1. The molecule has 0 fully saturated rings. The van der Waals surface area contributed by atoms with Gasteiger partial charge in [-0.15, -0.1) is 0 Å². The molecule has 0 saturated carbocycles. The van der Waals surface area contributed by atoms with Crippen LogP contribution in [0.25, 0.3) is 0 Å². The Balaban J connectivity index is 1.65. The van der Waals surface area contributed by atoms with Gasteiger partial charge in [0.25, 0.3) is 0 Å². The van der Waals surface area contributed by atoms with Gasteiger partial charge in [0.15, 0.2) is 0 Å². The third kappa shape index (κ3) is 4.30. The molecule has 1 aromatic carbocycles. The van der Waals surface area contributed by atoms with E-state index in [1.165, 1.54) is 7.11 Å². The molecule has 0 aliphatic heterocycles. The summed E-state index contributed by atoms with van der Waals surface area (Å²) < 4.78 is 4.68. The highest BCUT2D eigenvalue weighted by Gasteiger charge is 2.26. The van der Waals surface area contributed by atoms with Gasteiger partial charge in [-0.1, -0.05) is 0 Å². The highest BCUT2D eigenvalue weighted by atomic mass is 16.5. The molecule has 0 saturated heterocycles. The minimum Gasteiger partial charge on any atom is -0.465 e. The number of nitrogens with zero attached hydrogens (tertiary/aromatic N) is 3. The average Bonchev–Trinajstić information content (AvgIpc) is 2.74. The molecule has 1 amide bonds. The number of hydrogen-bond acceptors (Lipinski definition) is 6. The number of benzene rings is 1. The lowest BCUT2D eigenvalue weighted by Gasteiger charge is -2.25. The van der Waals surface area contributed by atoms with Gasteiger partial charge < -0.3 is 15.0 Å². The smallest absolute Gasteiger partial charge is 0.337 e. The Morgan fingerprint density at radius 3 is 2.57 bits per heavy atom. The number of carbonyl (C=O) groups is 2. The highest BCUT2D eigenvalue weighted by molar-refractivity contribution is 5.94. The van der Waals surface area contributed by atoms with Crippen molar-refractivity contribution in [2.75, 3.05) is 30.4 Å². The van der Waals surface area contributed by atoms with E-state index in [-0.39, 0.29) is 11.8 Å². The molecule has 0 spiro atoms.